The molecule has 1 atom stereocenters. The van der Waals surface area contributed by atoms with E-state index in [0.717, 1.165) is 18.7 Å². The number of amides is 2. The van der Waals surface area contributed by atoms with Crippen LogP contribution in [0.5, 0.6) is 17.2 Å². The molecule has 3 rings (SSSR count). The SMILES string of the molecule is C[C@@H](CO)Oc1cc(Oc2ccc(C(=O)N3CCC3)cc2F)cc(C(=O)N=C(N)/C=C\N)c1. The number of hydrogen-bond donors (Lipinski definition) is 3. The summed E-state index contributed by atoms with van der Waals surface area (Å²) in [6.07, 6.45) is 2.76. The van der Waals surface area contributed by atoms with E-state index in [1.165, 1.54) is 36.4 Å². The minimum atomic E-state index is -0.736. The van der Waals surface area contributed by atoms with E-state index < -0.39 is 17.8 Å². The molecular weight excluding hydrogens is 431 g/mol. The number of aliphatic hydroxyl groups is 1. The van der Waals surface area contributed by atoms with Crippen LogP contribution in [0.25, 0.3) is 0 Å². The van der Waals surface area contributed by atoms with Gasteiger partial charge in [-0.2, -0.15) is 4.99 Å². The zero-order valence-electron chi connectivity index (χ0n) is 18.0. The van der Waals surface area contributed by atoms with Crippen molar-refractivity contribution >= 4 is 17.6 Å². The Hall–Kier alpha value is -3.92. The van der Waals surface area contributed by atoms with Crippen LogP contribution in [0.1, 0.15) is 34.1 Å². The van der Waals surface area contributed by atoms with Crippen molar-refractivity contribution in [3.05, 3.63) is 65.6 Å². The van der Waals surface area contributed by atoms with Gasteiger partial charge in [-0.3, -0.25) is 9.59 Å². The van der Waals surface area contributed by atoms with Gasteiger partial charge in [0.25, 0.3) is 11.8 Å². The Kier molecular flexibility index (Phi) is 7.62. The second kappa shape index (κ2) is 10.6. The van der Waals surface area contributed by atoms with Crippen molar-refractivity contribution < 1.29 is 28.6 Å². The first-order chi connectivity index (χ1) is 15.8. The fourth-order valence-electron chi connectivity index (χ4n) is 2.95. The van der Waals surface area contributed by atoms with Gasteiger partial charge in [0.1, 0.15) is 23.4 Å². The molecule has 9 nitrogen and oxygen atoms in total. The summed E-state index contributed by atoms with van der Waals surface area (Å²) in [6, 6.07) is 8.12. The summed E-state index contributed by atoms with van der Waals surface area (Å²) in [5, 5.41) is 9.26. The van der Waals surface area contributed by atoms with Crippen molar-refractivity contribution in [1.82, 2.24) is 4.90 Å². The first kappa shape index (κ1) is 23.7. The molecule has 0 bridgehead atoms. The van der Waals surface area contributed by atoms with Crippen LogP contribution < -0.4 is 20.9 Å². The van der Waals surface area contributed by atoms with E-state index in [1.54, 1.807) is 11.8 Å². The number of amidine groups is 1. The van der Waals surface area contributed by atoms with Gasteiger partial charge in [0.15, 0.2) is 11.6 Å². The van der Waals surface area contributed by atoms with Gasteiger partial charge in [-0.25, -0.2) is 4.39 Å². The van der Waals surface area contributed by atoms with E-state index in [-0.39, 0.29) is 46.7 Å². The summed E-state index contributed by atoms with van der Waals surface area (Å²) in [6.45, 7) is 2.68. The molecular formula is C23H25FN4O5. The minimum Gasteiger partial charge on any atom is -0.488 e. The summed E-state index contributed by atoms with van der Waals surface area (Å²) < 4.78 is 25.9. The number of carbonyl (C=O) groups excluding carboxylic acids is 2. The quantitative estimate of drug-likeness (QED) is 0.408. The Morgan fingerprint density at radius 1 is 1.21 bits per heavy atom. The molecule has 1 saturated heterocycles. The highest BCUT2D eigenvalue weighted by atomic mass is 19.1. The number of nitrogens with two attached hydrogens (primary N) is 2. The van der Waals surface area contributed by atoms with Gasteiger partial charge in [0, 0.05) is 30.3 Å². The van der Waals surface area contributed by atoms with Crippen LogP contribution in [-0.4, -0.2) is 53.5 Å². The van der Waals surface area contributed by atoms with Crippen LogP contribution in [0.4, 0.5) is 4.39 Å². The Bertz CT molecular complexity index is 1100. The number of carbonyl (C=O) groups is 2. The third-order valence-electron chi connectivity index (χ3n) is 4.77. The number of halogens is 1. The van der Waals surface area contributed by atoms with E-state index in [9.17, 15) is 19.1 Å². The third kappa shape index (κ3) is 6.07. The first-order valence-electron chi connectivity index (χ1n) is 10.3. The molecule has 0 spiro atoms. The molecule has 2 aromatic carbocycles. The predicted molar refractivity (Wildman–Crippen MR) is 120 cm³/mol. The second-order valence-corrected chi connectivity index (χ2v) is 7.40. The monoisotopic (exact) mass is 456 g/mol. The number of aliphatic imine (C=N–C) groups is 1. The largest absolute Gasteiger partial charge is 0.488 e. The normalized spacial score (nSPS) is 14.6. The predicted octanol–water partition coefficient (Wildman–Crippen LogP) is 2.19. The zero-order valence-corrected chi connectivity index (χ0v) is 18.0. The minimum absolute atomic E-state index is 0.0611. The van der Waals surface area contributed by atoms with Crippen LogP contribution >= 0.6 is 0 Å². The summed E-state index contributed by atoms with van der Waals surface area (Å²) in [4.78, 5) is 30.1. The van der Waals surface area contributed by atoms with Crippen LogP contribution in [-0.2, 0) is 0 Å². The van der Waals surface area contributed by atoms with Crippen LogP contribution in [0.2, 0.25) is 0 Å². The highest BCUT2D eigenvalue weighted by Gasteiger charge is 2.22. The molecule has 0 unspecified atom stereocenters. The van der Waals surface area contributed by atoms with Gasteiger partial charge < -0.3 is 30.9 Å². The molecule has 10 heteroatoms. The molecule has 0 aromatic heterocycles. The molecule has 1 aliphatic rings. The van der Waals surface area contributed by atoms with Gasteiger partial charge in [0.05, 0.1) is 6.61 Å². The summed E-state index contributed by atoms with van der Waals surface area (Å²) in [5.41, 5.74) is 11.1. The summed E-state index contributed by atoms with van der Waals surface area (Å²) in [7, 11) is 0. The van der Waals surface area contributed by atoms with E-state index in [2.05, 4.69) is 4.99 Å². The molecule has 2 amide bonds. The van der Waals surface area contributed by atoms with Crippen molar-refractivity contribution in [2.45, 2.75) is 19.4 Å². The topological polar surface area (TPSA) is 140 Å². The molecule has 1 aliphatic heterocycles. The van der Waals surface area contributed by atoms with Crippen molar-refractivity contribution in [3.63, 3.8) is 0 Å². The Morgan fingerprint density at radius 2 is 1.94 bits per heavy atom. The summed E-state index contributed by atoms with van der Waals surface area (Å²) >= 11 is 0. The lowest BCUT2D eigenvalue weighted by Gasteiger charge is -2.30. The zero-order chi connectivity index (χ0) is 24.0. The fourth-order valence-corrected chi connectivity index (χ4v) is 2.95. The number of aliphatic hydroxyl groups excluding tert-OH is 1. The number of rotatable bonds is 8. The van der Waals surface area contributed by atoms with Gasteiger partial charge in [-0.1, -0.05) is 0 Å². The van der Waals surface area contributed by atoms with Crippen molar-refractivity contribution in [1.29, 1.82) is 0 Å². The Labute approximate surface area is 190 Å². The van der Waals surface area contributed by atoms with Crippen molar-refractivity contribution in [2.24, 2.45) is 16.5 Å². The molecule has 2 aromatic rings. The highest BCUT2D eigenvalue weighted by Crippen LogP contribution is 2.31. The van der Waals surface area contributed by atoms with Gasteiger partial charge in [-0.05, 0) is 56.0 Å². The van der Waals surface area contributed by atoms with Gasteiger partial charge in [-0.15, -0.1) is 0 Å². The number of nitrogens with zero attached hydrogens (tertiary/aromatic N) is 2. The second-order valence-electron chi connectivity index (χ2n) is 7.40. The molecule has 1 heterocycles. The maximum Gasteiger partial charge on any atom is 0.279 e. The Morgan fingerprint density at radius 3 is 2.55 bits per heavy atom. The molecule has 174 valence electrons. The number of ether oxygens (including phenoxy) is 2. The average molecular weight is 456 g/mol. The van der Waals surface area contributed by atoms with E-state index >= 15 is 0 Å². The molecule has 0 saturated carbocycles. The van der Waals surface area contributed by atoms with E-state index in [0.29, 0.717) is 13.1 Å². The van der Waals surface area contributed by atoms with E-state index in [4.69, 9.17) is 20.9 Å². The highest BCUT2D eigenvalue weighted by molar-refractivity contribution is 6.06. The smallest absolute Gasteiger partial charge is 0.279 e. The molecule has 0 aliphatic carbocycles. The van der Waals surface area contributed by atoms with Gasteiger partial charge in [0.2, 0.25) is 0 Å². The first-order valence-corrected chi connectivity index (χ1v) is 10.3. The third-order valence-corrected chi connectivity index (χ3v) is 4.77. The van der Waals surface area contributed by atoms with E-state index in [1.807, 2.05) is 0 Å². The lowest BCUT2D eigenvalue weighted by molar-refractivity contribution is 0.0651. The molecule has 33 heavy (non-hydrogen) atoms. The number of benzene rings is 2. The van der Waals surface area contributed by atoms with Gasteiger partial charge >= 0.3 is 0 Å². The maximum absolute atomic E-state index is 14.7. The Balaban J connectivity index is 1.89. The van der Waals surface area contributed by atoms with Crippen molar-refractivity contribution in [3.8, 4) is 17.2 Å². The summed E-state index contributed by atoms with van der Waals surface area (Å²) in [5.74, 6) is -1.64. The molecule has 0 radical (unpaired) electrons. The number of likely N-dealkylation sites (tertiary alicyclic amines) is 1. The molecule has 5 N–H and O–H groups in total. The van der Waals surface area contributed by atoms with Crippen LogP contribution in [0, 0.1) is 5.82 Å². The lowest BCUT2D eigenvalue weighted by atomic mass is 10.1. The maximum atomic E-state index is 14.7. The van der Waals surface area contributed by atoms with Crippen molar-refractivity contribution in [2.75, 3.05) is 19.7 Å². The van der Waals surface area contributed by atoms with Crippen LogP contribution in [0.15, 0.2) is 53.7 Å². The lowest BCUT2D eigenvalue weighted by Crippen LogP contribution is -2.42. The standard InChI is InChI=1S/C23H25FN4O5/c1-14(13-29)32-17-9-16(22(30)27-21(26)5-6-25)10-18(12-17)33-20-4-3-15(11-19(20)24)23(31)28-7-2-8-28/h3-6,9-12,14,29H,2,7-8,13,25H2,1H3,(H2,26,27,30)/b6-5-/t14-/m0/s1. The number of hydrogen-bond acceptors (Lipinski definition) is 6. The average Bonchev–Trinajstić information content (AvgIpc) is 2.73. The fraction of sp³-hybridized carbons (Fsp3) is 0.261. The van der Waals surface area contributed by atoms with Crippen LogP contribution in [0.3, 0.4) is 0 Å². The molecule has 1 fully saturated rings.